The van der Waals surface area contributed by atoms with E-state index in [0.29, 0.717) is 84.9 Å². The smallest absolute Gasteiger partial charge is 0.345 e. The Bertz CT molecular complexity index is 6810. The summed E-state index contributed by atoms with van der Waals surface area (Å²) in [6, 6.07) is 40.0. The van der Waals surface area contributed by atoms with Crippen LogP contribution in [0.4, 0.5) is 22.7 Å². The van der Waals surface area contributed by atoms with Crippen molar-refractivity contribution in [3.05, 3.63) is 252 Å². The fourth-order valence-corrected chi connectivity index (χ4v) is 17.5. The average molecular weight is 1620 g/mol. The Balaban J connectivity index is 0.000000113. The number of hydrogen-bond donors (Lipinski definition) is 2. The number of imidazole rings is 1. The first-order valence-corrected chi connectivity index (χ1v) is 41.2. The van der Waals surface area contributed by atoms with Crippen molar-refractivity contribution >= 4 is 100 Å². The number of nitrogens with two attached hydrogens (primary N) is 1. The third-order valence-electron chi connectivity index (χ3n) is 23.8. The monoisotopic (exact) mass is 1620 g/mol. The van der Waals surface area contributed by atoms with Gasteiger partial charge in [-0.1, -0.05) is 11.6 Å². The van der Waals surface area contributed by atoms with Gasteiger partial charge in [0.25, 0.3) is 0 Å². The molecule has 0 aliphatic carbocycles. The fourth-order valence-electron chi connectivity index (χ4n) is 17.2. The number of halogens is 1. The number of aryl methyl sites for hydroxylation is 6. The number of nitrogens with zero attached hydrogens (tertiary/aromatic N) is 15. The van der Waals surface area contributed by atoms with Crippen molar-refractivity contribution in [2.24, 2.45) is 5.73 Å². The minimum Gasteiger partial charge on any atom is -0.422 e. The number of piperazine rings is 1. The van der Waals surface area contributed by atoms with Crippen LogP contribution in [-0.4, -0.2) is 164 Å². The Hall–Kier alpha value is -12.3. The summed E-state index contributed by atoms with van der Waals surface area (Å²) in [6.45, 7) is 22.5. The van der Waals surface area contributed by atoms with Crippen molar-refractivity contribution in [1.82, 2.24) is 57.6 Å². The summed E-state index contributed by atoms with van der Waals surface area (Å²) < 4.78 is 30.7. The van der Waals surface area contributed by atoms with Gasteiger partial charge in [0.2, 0.25) is 0 Å². The van der Waals surface area contributed by atoms with Crippen LogP contribution < -0.4 is 53.2 Å². The molecule has 20 rings (SSSR count). The van der Waals surface area contributed by atoms with Gasteiger partial charge in [0.05, 0.1) is 84.9 Å². The molecule has 4 fully saturated rings. The minimum absolute atomic E-state index is 0.285. The standard InChI is InChI=1S/C25H28N4O2.C24H26N4O2.C23H24N4O2.C21H20ClN5O2/c1-16-14-29-15-19(12-23(29)17(2)26-16)22-11-18-5-6-21(13-24(18)31-25(22)30)28-9-7-20(8-10-28)27(3)4;1-16-14-28-15-18(10-21(28)13-25-16)22-11-17-4-5-20(12-23(17)30-24(22)29)27-8-6-19(7-9-27)26(2)3;1-14-12-27-13-17(10-21(27)15(2)25-14)20-9-16-3-4-19(11-22(16)29-23(20)28)26-7-5-18(24)6-8-26;1-12-9-26(6-5-23-12)15-4-3-14-7-16(21(28)29-18(14)8-15)17-10-27-11-19(22)24-13(2)20(27)25-17/h5-6,11-15,20H,7-10H2,1-4H3;4-5,10-15,19H,6-9H2,1-3H3;3-4,9-13,18H,5-8,24H2,1-2H3;3-4,7-8,10-12,23H,5-6,9H2,1-2H3/t;;;12-/m...0/s1. The molecule has 26 heteroatoms. The molecule has 0 unspecified atom stereocenters. The van der Waals surface area contributed by atoms with E-state index < -0.39 is 5.63 Å². The fraction of sp³-hybridized carbons (Fsp3) is 0.323. The summed E-state index contributed by atoms with van der Waals surface area (Å²) in [5, 5.41) is 7.45. The van der Waals surface area contributed by atoms with E-state index in [-0.39, 0.29) is 22.9 Å². The number of piperidine rings is 3. The number of hydrogen-bond acceptors (Lipinski definition) is 21. The SMILES string of the molecule is Cc1cn2cc(-c3cc4ccc(N5CCC(N(C)C)CC5)cc4oc3=O)cc2c(C)n1.Cc1cn2cc(-c3cc4ccc(N5CCC(N(C)C)CC5)cc4oc3=O)cc2cn1.Cc1cn2cc(-c3cc4ccc(N5CCC(N)CC5)cc4oc3=O)cc2c(C)n1.Cc1nc(Cl)cn2cc(-c3cc4ccc(N5CCN[C@@H](C)C5)cc4oc3=O)nc12. The van der Waals surface area contributed by atoms with Crippen LogP contribution in [0.3, 0.4) is 0 Å². The van der Waals surface area contributed by atoms with Crippen LogP contribution in [0.2, 0.25) is 5.15 Å². The van der Waals surface area contributed by atoms with Gasteiger partial charge in [-0.2, -0.15) is 0 Å². The molecule has 4 aliphatic rings. The molecule has 119 heavy (non-hydrogen) atoms. The van der Waals surface area contributed by atoms with Crippen LogP contribution in [0.5, 0.6) is 0 Å². The van der Waals surface area contributed by atoms with Crippen LogP contribution in [0.25, 0.3) is 111 Å². The Labute approximate surface area is 692 Å². The lowest BCUT2D eigenvalue weighted by Gasteiger charge is -2.36. The Morgan fingerprint density at radius 1 is 0.420 bits per heavy atom. The lowest BCUT2D eigenvalue weighted by atomic mass is 10.0. The highest BCUT2D eigenvalue weighted by atomic mass is 35.5. The quantitative estimate of drug-likeness (QED) is 0.121. The zero-order valence-electron chi connectivity index (χ0n) is 69.0. The molecule has 0 spiro atoms. The Morgan fingerprint density at radius 3 is 1.27 bits per heavy atom. The molecule has 0 bridgehead atoms. The minimum atomic E-state index is -0.413. The van der Waals surface area contributed by atoms with Crippen molar-refractivity contribution in [3.63, 3.8) is 0 Å². The molecule has 4 aromatic carbocycles. The molecule has 1 atom stereocenters. The summed E-state index contributed by atoms with van der Waals surface area (Å²) in [5.41, 5.74) is 25.7. The average Bonchev–Trinajstić information content (AvgIpc) is 1.71. The lowest BCUT2D eigenvalue weighted by molar-refractivity contribution is 0.249. The zero-order valence-corrected chi connectivity index (χ0v) is 69.8. The second kappa shape index (κ2) is 32.9. The first kappa shape index (κ1) is 79.2. The van der Waals surface area contributed by atoms with E-state index in [0.717, 1.165) is 203 Å². The molecule has 12 aromatic heterocycles. The maximum absolute atomic E-state index is 12.9. The van der Waals surface area contributed by atoms with Gasteiger partial charge in [0, 0.05) is 218 Å². The lowest BCUT2D eigenvalue weighted by Crippen LogP contribution is -2.49. The summed E-state index contributed by atoms with van der Waals surface area (Å²) in [4.78, 5) is 87.2. The molecule has 16 heterocycles. The number of fused-ring (bicyclic) bond motifs is 8. The maximum atomic E-state index is 12.9. The van der Waals surface area contributed by atoms with E-state index >= 15 is 0 Å². The van der Waals surface area contributed by atoms with Crippen LogP contribution in [0, 0.1) is 41.5 Å². The van der Waals surface area contributed by atoms with Crippen LogP contribution in [-0.2, 0) is 0 Å². The molecule has 0 saturated carbocycles. The van der Waals surface area contributed by atoms with Crippen molar-refractivity contribution in [2.75, 3.05) is 107 Å². The molecule has 0 radical (unpaired) electrons. The van der Waals surface area contributed by atoms with E-state index in [1.807, 2.05) is 177 Å². The zero-order chi connectivity index (χ0) is 82.8. The maximum Gasteiger partial charge on any atom is 0.345 e. The van der Waals surface area contributed by atoms with Crippen molar-refractivity contribution in [2.45, 2.75) is 111 Å². The van der Waals surface area contributed by atoms with Crippen LogP contribution >= 0.6 is 11.6 Å². The van der Waals surface area contributed by atoms with E-state index in [2.05, 4.69) is 131 Å². The topological polar surface area (TPSA) is 260 Å². The second-order valence-corrected chi connectivity index (χ2v) is 33.1. The highest BCUT2D eigenvalue weighted by molar-refractivity contribution is 6.29. The highest BCUT2D eigenvalue weighted by Gasteiger charge is 2.26. The van der Waals surface area contributed by atoms with Gasteiger partial charge in [-0.25, -0.2) is 29.1 Å². The second-order valence-electron chi connectivity index (χ2n) is 32.7. The summed E-state index contributed by atoms with van der Waals surface area (Å²) >= 11 is 6.03. The van der Waals surface area contributed by atoms with Gasteiger partial charge in [-0.05, 0) is 206 Å². The van der Waals surface area contributed by atoms with Gasteiger partial charge in [-0.15, -0.1) is 0 Å². The van der Waals surface area contributed by atoms with Gasteiger partial charge in [-0.3, -0.25) is 15.0 Å². The number of benzene rings is 4. The Kier molecular flexibility index (Phi) is 21.9. The predicted octanol–water partition coefficient (Wildman–Crippen LogP) is 15.1. The van der Waals surface area contributed by atoms with Crippen LogP contribution in [0.1, 0.15) is 79.6 Å². The number of anilines is 4. The third kappa shape index (κ3) is 16.7. The van der Waals surface area contributed by atoms with E-state index in [4.69, 9.17) is 35.0 Å². The van der Waals surface area contributed by atoms with Gasteiger partial charge >= 0.3 is 22.5 Å². The first-order valence-electron chi connectivity index (χ1n) is 40.9. The van der Waals surface area contributed by atoms with Crippen LogP contribution in [0.15, 0.2) is 208 Å². The molecular weight excluding hydrogens is 1520 g/mol. The Morgan fingerprint density at radius 2 is 0.824 bits per heavy atom. The number of nitrogens with one attached hydrogen (secondary N) is 1. The molecule has 3 N–H and O–H groups in total. The third-order valence-corrected chi connectivity index (χ3v) is 24.0. The van der Waals surface area contributed by atoms with E-state index in [1.54, 1.807) is 16.8 Å². The van der Waals surface area contributed by atoms with Crippen molar-refractivity contribution < 1.29 is 17.7 Å². The molecular formula is C93H98ClN17O8. The predicted molar refractivity (Wildman–Crippen MR) is 475 cm³/mol. The molecule has 610 valence electrons. The van der Waals surface area contributed by atoms with Crippen molar-refractivity contribution in [1.29, 1.82) is 0 Å². The van der Waals surface area contributed by atoms with E-state index in [1.165, 1.54) is 0 Å². The molecule has 16 aromatic rings. The summed E-state index contributed by atoms with van der Waals surface area (Å²) in [5.74, 6) is 0. The summed E-state index contributed by atoms with van der Waals surface area (Å²) in [7, 11) is 8.59. The van der Waals surface area contributed by atoms with Gasteiger partial charge < -0.3 is 75.7 Å². The number of aromatic nitrogens is 9. The summed E-state index contributed by atoms with van der Waals surface area (Å²) in [6.07, 6.45) is 23.6. The molecule has 4 saturated heterocycles. The largest absolute Gasteiger partial charge is 0.422 e. The van der Waals surface area contributed by atoms with Gasteiger partial charge in [0.1, 0.15) is 27.5 Å². The van der Waals surface area contributed by atoms with E-state index in [9.17, 15) is 19.2 Å². The molecule has 25 nitrogen and oxygen atoms in total. The molecule has 0 amide bonds. The normalized spacial score (nSPS) is 15.9. The first-order chi connectivity index (χ1) is 57.3. The van der Waals surface area contributed by atoms with Crippen molar-refractivity contribution in [3.8, 4) is 44.6 Å². The molecule has 4 aliphatic heterocycles. The van der Waals surface area contributed by atoms with Gasteiger partial charge in [0.15, 0.2) is 5.65 Å². The highest BCUT2D eigenvalue weighted by Crippen LogP contribution is 2.35. The number of rotatable bonds is 10.